The number of hydrogen-bond acceptors (Lipinski definition) is 9. The molecule has 0 saturated carbocycles. The van der Waals surface area contributed by atoms with Crippen molar-refractivity contribution in [3.8, 4) is 16.9 Å². The Hall–Kier alpha value is -4.59. The van der Waals surface area contributed by atoms with E-state index in [1.807, 2.05) is 0 Å². The second-order valence-electron chi connectivity index (χ2n) is 8.31. The predicted molar refractivity (Wildman–Crippen MR) is 153 cm³/mol. The maximum Gasteiger partial charge on any atom is 0.387 e. The third kappa shape index (κ3) is 8.22. The van der Waals surface area contributed by atoms with Crippen LogP contribution >= 0.6 is 11.8 Å². The standard InChI is InChI=1S/C28H26F4N6O3S/c1-6-21(35-11-16(3)41-28(31)32)22-13-36-25(33-4)27(38-22)42-14-37-26(39)20-12-34-15(2)9-18(20)19-10-17(24(29)30)7-8-23(19)40-5/h6-13,24,28H,1,4,14H2,2-3,5H3,(H,37,39)/b16-11+,35-21?. The molecule has 42 heavy (non-hydrogen) atoms. The van der Waals surface area contributed by atoms with E-state index in [1.54, 1.807) is 13.0 Å². The number of rotatable bonds is 13. The number of pyridine rings is 1. The Morgan fingerprint density at radius 2 is 1.93 bits per heavy atom. The van der Waals surface area contributed by atoms with E-state index in [9.17, 15) is 22.4 Å². The lowest BCUT2D eigenvalue weighted by atomic mass is 9.97. The molecule has 0 unspecified atom stereocenters. The maximum atomic E-state index is 13.4. The van der Waals surface area contributed by atoms with Crippen LogP contribution < -0.4 is 10.1 Å². The summed E-state index contributed by atoms with van der Waals surface area (Å²) in [5.41, 5.74) is 1.64. The summed E-state index contributed by atoms with van der Waals surface area (Å²) < 4.78 is 61.3. The first kappa shape index (κ1) is 31.9. The van der Waals surface area contributed by atoms with Crippen molar-refractivity contribution in [2.24, 2.45) is 9.98 Å². The van der Waals surface area contributed by atoms with Crippen LogP contribution in [0.1, 0.15) is 40.7 Å². The number of thioether (sulfide) groups is 1. The zero-order valence-corrected chi connectivity index (χ0v) is 23.6. The van der Waals surface area contributed by atoms with E-state index in [0.29, 0.717) is 22.6 Å². The quantitative estimate of drug-likeness (QED) is 0.0764. The molecule has 0 fully saturated rings. The van der Waals surface area contributed by atoms with Crippen molar-refractivity contribution >= 4 is 35.9 Å². The summed E-state index contributed by atoms with van der Waals surface area (Å²) >= 11 is 1.08. The first-order valence-corrected chi connectivity index (χ1v) is 13.1. The lowest BCUT2D eigenvalue weighted by Gasteiger charge is -2.15. The Morgan fingerprint density at radius 3 is 2.57 bits per heavy atom. The van der Waals surface area contributed by atoms with E-state index in [4.69, 9.17) is 4.74 Å². The van der Waals surface area contributed by atoms with Crippen LogP contribution in [0.3, 0.4) is 0 Å². The lowest BCUT2D eigenvalue weighted by Crippen LogP contribution is -2.24. The monoisotopic (exact) mass is 602 g/mol. The molecule has 14 heteroatoms. The highest BCUT2D eigenvalue weighted by atomic mass is 32.2. The first-order chi connectivity index (χ1) is 20.1. The molecule has 9 nitrogen and oxygen atoms in total. The van der Waals surface area contributed by atoms with Gasteiger partial charge < -0.3 is 14.8 Å². The Morgan fingerprint density at radius 1 is 1.17 bits per heavy atom. The zero-order chi connectivity index (χ0) is 30.8. The summed E-state index contributed by atoms with van der Waals surface area (Å²) in [6.07, 6.45) is 2.45. The van der Waals surface area contributed by atoms with Crippen LogP contribution in [-0.2, 0) is 4.74 Å². The molecule has 0 aliphatic carbocycles. The minimum atomic E-state index is -2.99. The number of carbonyl (C=O) groups excluding carboxylic acids is 1. The SMILES string of the molecule is C=CC(=N/C=C(\C)OC(F)F)c1cnc(N=C)c(SCNC(=O)c2cnc(C)cc2-c2cc(C(F)F)ccc2OC)n1. The number of hydrogen-bond donors (Lipinski definition) is 1. The van der Waals surface area contributed by atoms with Gasteiger partial charge in [-0.1, -0.05) is 18.3 Å². The number of allylic oxidation sites excluding steroid dienone is 2. The van der Waals surface area contributed by atoms with Crippen molar-refractivity contribution in [3.63, 3.8) is 0 Å². The van der Waals surface area contributed by atoms with Crippen molar-refractivity contribution in [3.05, 3.63) is 83.8 Å². The fourth-order valence-electron chi connectivity index (χ4n) is 3.55. The van der Waals surface area contributed by atoms with Crippen molar-refractivity contribution in [2.75, 3.05) is 13.0 Å². The number of ether oxygens (including phenoxy) is 2. The number of aryl methyl sites for hydroxylation is 1. The normalized spacial score (nSPS) is 11.9. The van der Waals surface area contributed by atoms with Crippen LogP contribution in [0, 0.1) is 6.92 Å². The molecule has 0 bridgehead atoms. The number of benzene rings is 1. The fraction of sp³-hybridized carbons (Fsp3) is 0.214. The molecular weight excluding hydrogens is 576 g/mol. The van der Waals surface area contributed by atoms with E-state index in [-0.39, 0.29) is 45.0 Å². The lowest BCUT2D eigenvalue weighted by molar-refractivity contribution is -0.0955. The second kappa shape index (κ2) is 14.9. The van der Waals surface area contributed by atoms with Gasteiger partial charge in [-0.2, -0.15) is 8.78 Å². The molecular formula is C28H26F4N6O3S. The Kier molecular flexibility index (Phi) is 11.3. The average Bonchev–Trinajstić information content (AvgIpc) is 2.96. The minimum absolute atomic E-state index is 0.00279. The molecule has 0 spiro atoms. The van der Waals surface area contributed by atoms with Crippen LogP contribution in [0.4, 0.5) is 23.4 Å². The van der Waals surface area contributed by atoms with Crippen LogP contribution in [-0.4, -0.2) is 52.9 Å². The van der Waals surface area contributed by atoms with Gasteiger partial charge in [-0.25, -0.2) is 23.7 Å². The van der Waals surface area contributed by atoms with Crippen LogP contribution in [0.5, 0.6) is 5.75 Å². The van der Waals surface area contributed by atoms with Gasteiger partial charge in [0, 0.05) is 28.6 Å². The average molecular weight is 603 g/mol. The highest BCUT2D eigenvalue weighted by Gasteiger charge is 2.20. The fourth-order valence-corrected chi connectivity index (χ4v) is 4.30. The molecule has 2 aromatic heterocycles. The van der Waals surface area contributed by atoms with E-state index in [2.05, 4.69) is 48.3 Å². The van der Waals surface area contributed by atoms with Gasteiger partial charge >= 0.3 is 6.61 Å². The number of halogens is 4. The third-order valence-electron chi connectivity index (χ3n) is 5.48. The Balaban J connectivity index is 1.85. The predicted octanol–water partition coefficient (Wildman–Crippen LogP) is 6.68. The Labute approximate surface area is 243 Å². The van der Waals surface area contributed by atoms with Crippen LogP contribution in [0.25, 0.3) is 11.1 Å². The molecule has 0 radical (unpaired) electrons. The van der Waals surface area contributed by atoms with Gasteiger partial charge in [-0.3, -0.25) is 14.8 Å². The number of methoxy groups -OCH3 is 1. The summed E-state index contributed by atoms with van der Waals surface area (Å²) in [4.78, 5) is 34.0. The minimum Gasteiger partial charge on any atom is -0.496 e. The van der Waals surface area contributed by atoms with Crippen molar-refractivity contribution in [2.45, 2.75) is 31.9 Å². The maximum absolute atomic E-state index is 13.4. The second-order valence-corrected chi connectivity index (χ2v) is 9.27. The van der Waals surface area contributed by atoms with Crippen molar-refractivity contribution in [1.29, 1.82) is 0 Å². The molecule has 220 valence electrons. The van der Waals surface area contributed by atoms with E-state index < -0.39 is 18.9 Å². The van der Waals surface area contributed by atoms with Gasteiger partial charge in [0.25, 0.3) is 12.3 Å². The van der Waals surface area contributed by atoms with Gasteiger partial charge in [0.15, 0.2) is 5.82 Å². The Bertz CT molecular complexity index is 1530. The molecule has 0 aliphatic heterocycles. The van der Waals surface area contributed by atoms with Gasteiger partial charge in [0.05, 0.1) is 36.7 Å². The summed E-state index contributed by atoms with van der Waals surface area (Å²) in [6.45, 7) is 7.18. The van der Waals surface area contributed by atoms with Gasteiger partial charge in [0.1, 0.15) is 22.2 Å². The van der Waals surface area contributed by atoms with Gasteiger partial charge in [-0.05, 0) is 50.9 Å². The van der Waals surface area contributed by atoms with E-state index in [1.165, 1.54) is 50.7 Å². The molecule has 1 N–H and O–H groups in total. The molecule has 0 saturated heterocycles. The highest BCUT2D eigenvalue weighted by molar-refractivity contribution is 7.99. The van der Waals surface area contributed by atoms with Gasteiger partial charge in [0.2, 0.25) is 0 Å². The van der Waals surface area contributed by atoms with Crippen LogP contribution in [0.15, 0.2) is 76.3 Å². The summed E-state index contributed by atoms with van der Waals surface area (Å²) in [6, 6.07) is 5.57. The number of alkyl halides is 4. The first-order valence-electron chi connectivity index (χ1n) is 12.1. The third-order valence-corrected chi connectivity index (χ3v) is 6.32. The number of carbonyl (C=O) groups is 1. The zero-order valence-electron chi connectivity index (χ0n) is 22.8. The number of aliphatic imine (C=N–C) groups is 2. The van der Waals surface area contributed by atoms with Crippen molar-refractivity contribution in [1.82, 2.24) is 20.3 Å². The molecule has 1 amide bonds. The number of nitrogens with one attached hydrogen (secondary N) is 1. The molecule has 3 rings (SSSR count). The summed E-state index contributed by atoms with van der Waals surface area (Å²) in [5, 5.41) is 3.03. The molecule has 0 atom stereocenters. The largest absolute Gasteiger partial charge is 0.496 e. The number of nitrogens with zero attached hydrogens (tertiary/aromatic N) is 5. The topological polar surface area (TPSA) is 111 Å². The van der Waals surface area contributed by atoms with Gasteiger partial charge in [-0.15, -0.1) is 0 Å². The smallest absolute Gasteiger partial charge is 0.387 e. The van der Waals surface area contributed by atoms with E-state index in [0.717, 1.165) is 18.0 Å². The number of aromatic nitrogens is 3. The molecule has 3 aromatic rings. The molecule has 1 aromatic carbocycles. The van der Waals surface area contributed by atoms with Crippen LogP contribution in [0.2, 0.25) is 0 Å². The molecule has 2 heterocycles. The van der Waals surface area contributed by atoms with E-state index >= 15 is 0 Å². The summed E-state index contributed by atoms with van der Waals surface area (Å²) in [5.74, 6) is -0.154. The highest BCUT2D eigenvalue weighted by Crippen LogP contribution is 2.36. The summed E-state index contributed by atoms with van der Waals surface area (Å²) in [7, 11) is 1.41. The number of amides is 1. The molecule has 0 aliphatic rings. The van der Waals surface area contributed by atoms with Crippen molar-refractivity contribution < 1.29 is 31.8 Å².